The molecule has 3 N–H and O–H groups in total. The highest BCUT2D eigenvalue weighted by molar-refractivity contribution is 7.91. The molecule has 0 aliphatic heterocycles. The molecule has 80 valence electrons. The molecule has 1 aliphatic rings. The molecule has 15 heavy (non-hydrogen) atoms. The van der Waals surface area contributed by atoms with Crippen molar-refractivity contribution in [2.24, 2.45) is 5.73 Å². The lowest BCUT2D eigenvalue weighted by atomic mass is 10.5. The number of sulfonamides is 1. The van der Waals surface area contributed by atoms with Crippen molar-refractivity contribution in [1.82, 2.24) is 4.72 Å². The van der Waals surface area contributed by atoms with Crippen LogP contribution in [-0.2, 0) is 10.0 Å². The number of nitrogens with one attached hydrogen (secondary N) is 1. The van der Waals surface area contributed by atoms with Gasteiger partial charge in [-0.25, -0.2) is 13.1 Å². The standard InChI is InChI=1S/C8H9N3O2S2/c9-4-5-1-2-8(14-5)15(12,13)11-7-3-6(7)10/h1-2,6-7,11H,3,10H2. The van der Waals surface area contributed by atoms with E-state index in [0.717, 1.165) is 11.3 Å². The molecule has 0 saturated heterocycles. The molecule has 1 fully saturated rings. The second kappa shape index (κ2) is 3.57. The van der Waals surface area contributed by atoms with Gasteiger partial charge in [-0.05, 0) is 18.6 Å². The fourth-order valence-electron chi connectivity index (χ4n) is 1.13. The Kier molecular flexibility index (Phi) is 2.52. The molecule has 1 saturated carbocycles. The van der Waals surface area contributed by atoms with Crippen LogP contribution < -0.4 is 10.5 Å². The summed E-state index contributed by atoms with van der Waals surface area (Å²) in [5, 5.41) is 8.58. The number of hydrogen-bond donors (Lipinski definition) is 2. The molecule has 7 heteroatoms. The number of nitrogens with zero attached hydrogens (tertiary/aromatic N) is 1. The summed E-state index contributed by atoms with van der Waals surface area (Å²) in [4.78, 5) is 0.385. The van der Waals surface area contributed by atoms with Gasteiger partial charge in [0.05, 0.1) is 0 Å². The second-order valence-corrected chi connectivity index (χ2v) is 6.38. The highest BCUT2D eigenvalue weighted by Crippen LogP contribution is 2.25. The minimum atomic E-state index is -3.48. The third kappa shape index (κ3) is 2.18. The maximum Gasteiger partial charge on any atom is 0.250 e. The average Bonchev–Trinajstić information content (AvgIpc) is 2.72. The van der Waals surface area contributed by atoms with Crippen LogP contribution in [0.2, 0.25) is 0 Å². The van der Waals surface area contributed by atoms with Crippen molar-refractivity contribution < 1.29 is 8.42 Å². The number of nitriles is 1. The van der Waals surface area contributed by atoms with E-state index in [1.807, 2.05) is 6.07 Å². The van der Waals surface area contributed by atoms with Gasteiger partial charge in [0.2, 0.25) is 10.0 Å². The van der Waals surface area contributed by atoms with E-state index in [0.29, 0.717) is 11.3 Å². The van der Waals surface area contributed by atoms with Crippen molar-refractivity contribution in [2.45, 2.75) is 22.7 Å². The number of rotatable bonds is 3. The zero-order valence-corrected chi connectivity index (χ0v) is 9.31. The molecular formula is C8H9N3O2S2. The largest absolute Gasteiger partial charge is 0.326 e. The summed E-state index contributed by atoms with van der Waals surface area (Å²) in [5.41, 5.74) is 5.51. The molecule has 0 aromatic carbocycles. The summed E-state index contributed by atoms with van der Waals surface area (Å²) in [6, 6.07) is 4.60. The summed E-state index contributed by atoms with van der Waals surface area (Å²) in [6.07, 6.45) is 0.676. The zero-order chi connectivity index (χ0) is 11.1. The van der Waals surface area contributed by atoms with Gasteiger partial charge in [0.15, 0.2) is 0 Å². The smallest absolute Gasteiger partial charge is 0.250 e. The highest BCUT2D eigenvalue weighted by Gasteiger charge is 2.37. The lowest BCUT2D eigenvalue weighted by Gasteiger charge is -2.01. The molecule has 2 rings (SSSR count). The molecule has 2 atom stereocenters. The van der Waals surface area contributed by atoms with Crippen LogP contribution in [0.1, 0.15) is 11.3 Å². The van der Waals surface area contributed by atoms with Crippen LogP contribution in [0.25, 0.3) is 0 Å². The molecule has 0 amide bonds. The van der Waals surface area contributed by atoms with Crippen molar-refractivity contribution in [2.75, 3.05) is 0 Å². The number of hydrogen-bond acceptors (Lipinski definition) is 5. The SMILES string of the molecule is N#Cc1ccc(S(=O)(=O)NC2CC2N)s1. The Morgan fingerprint density at radius 1 is 1.60 bits per heavy atom. The van der Waals surface area contributed by atoms with E-state index in [4.69, 9.17) is 11.0 Å². The Morgan fingerprint density at radius 2 is 2.27 bits per heavy atom. The maximum atomic E-state index is 11.7. The summed E-state index contributed by atoms with van der Waals surface area (Å²) in [7, 11) is -3.48. The van der Waals surface area contributed by atoms with Crippen LogP contribution >= 0.6 is 11.3 Å². The minimum Gasteiger partial charge on any atom is -0.326 e. The van der Waals surface area contributed by atoms with Gasteiger partial charge in [-0.3, -0.25) is 0 Å². The first-order valence-electron chi connectivity index (χ1n) is 4.31. The molecule has 1 heterocycles. The Labute approximate surface area is 91.6 Å². The van der Waals surface area contributed by atoms with E-state index < -0.39 is 10.0 Å². The van der Waals surface area contributed by atoms with E-state index in [-0.39, 0.29) is 16.3 Å². The van der Waals surface area contributed by atoms with Gasteiger partial charge in [0, 0.05) is 12.1 Å². The van der Waals surface area contributed by atoms with E-state index in [1.54, 1.807) is 0 Å². The molecule has 0 spiro atoms. The number of thiophene rings is 1. The highest BCUT2D eigenvalue weighted by atomic mass is 32.2. The molecule has 1 aromatic heterocycles. The predicted molar refractivity (Wildman–Crippen MR) is 55.7 cm³/mol. The maximum absolute atomic E-state index is 11.7. The summed E-state index contributed by atoms with van der Waals surface area (Å²) in [6.45, 7) is 0. The van der Waals surface area contributed by atoms with Crippen molar-refractivity contribution in [3.63, 3.8) is 0 Å². The van der Waals surface area contributed by atoms with Crippen LogP contribution in [0.15, 0.2) is 16.3 Å². The van der Waals surface area contributed by atoms with Crippen molar-refractivity contribution in [3.8, 4) is 6.07 Å². The van der Waals surface area contributed by atoms with Crippen molar-refractivity contribution in [3.05, 3.63) is 17.0 Å². The lowest BCUT2D eigenvalue weighted by Crippen LogP contribution is -2.29. The zero-order valence-electron chi connectivity index (χ0n) is 7.67. The van der Waals surface area contributed by atoms with Crippen LogP contribution in [0.5, 0.6) is 0 Å². The first kappa shape index (κ1) is 10.6. The Bertz CT molecular complexity index is 514. The predicted octanol–water partition coefficient (Wildman–Crippen LogP) is -0.00232. The van der Waals surface area contributed by atoms with Crippen LogP contribution in [0, 0.1) is 11.3 Å². The topological polar surface area (TPSA) is 96.0 Å². The van der Waals surface area contributed by atoms with Gasteiger partial charge in [0.1, 0.15) is 15.2 Å². The minimum absolute atomic E-state index is 0.0739. The Morgan fingerprint density at radius 3 is 2.73 bits per heavy atom. The van der Waals surface area contributed by atoms with E-state index in [2.05, 4.69) is 4.72 Å². The van der Waals surface area contributed by atoms with Crippen molar-refractivity contribution >= 4 is 21.4 Å². The van der Waals surface area contributed by atoms with Gasteiger partial charge in [0.25, 0.3) is 0 Å². The van der Waals surface area contributed by atoms with Crippen LogP contribution in [0.3, 0.4) is 0 Å². The van der Waals surface area contributed by atoms with Crippen molar-refractivity contribution in [1.29, 1.82) is 5.26 Å². The van der Waals surface area contributed by atoms with Crippen LogP contribution in [0.4, 0.5) is 0 Å². The van der Waals surface area contributed by atoms with E-state index in [9.17, 15) is 8.42 Å². The van der Waals surface area contributed by atoms with Gasteiger partial charge < -0.3 is 5.73 Å². The Hall–Kier alpha value is -0.940. The normalized spacial score (nSPS) is 24.8. The van der Waals surface area contributed by atoms with E-state index >= 15 is 0 Å². The van der Waals surface area contributed by atoms with Gasteiger partial charge in [-0.15, -0.1) is 11.3 Å². The molecular weight excluding hydrogens is 234 g/mol. The first-order chi connectivity index (χ1) is 7.03. The molecule has 2 unspecified atom stereocenters. The molecule has 5 nitrogen and oxygen atoms in total. The summed E-state index contributed by atoms with van der Waals surface area (Å²) < 4.78 is 26.0. The third-order valence-electron chi connectivity index (χ3n) is 2.10. The fourth-order valence-corrected chi connectivity index (χ4v) is 3.55. The molecule has 0 bridgehead atoms. The number of nitrogens with two attached hydrogens (primary N) is 1. The third-order valence-corrected chi connectivity index (χ3v) is 5.07. The first-order valence-corrected chi connectivity index (χ1v) is 6.61. The Balaban J connectivity index is 2.18. The van der Waals surface area contributed by atoms with Crippen LogP contribution in [-0.4, -0.2) is 20.5 Å². The summed E-state index contributed by atoms with van der Waals surface area (Å²) in [5.74, 6) is 0. The lowest BCUT2D eigenvalue weighted by molar-refractivity contribution is 0.582. The van der Waals surface area contributed by atoms with Gasteiger partial charge in [-0.2, -0.15) is 5.26 Å². The average molecular weight is 243 g/mol. The molecule has 1 aliphatic carbocycles. The second-order valence-electron chi connectivity index (χ2n) is 3.36. The summed E-state index contributed by atoms with van der Waals surface area (Å²) >= 11 is 0.958. The monoisotopic (exact) mass is 243 g/mol. The quantitative estimate of drug-likeness (QED) is 0.781. The molecule has 1 aromatic rings. The fraction of sp³-hybridized carbons (Fsp3) is 0.375. The van der Waals surface area contributed by atoms with E-state index in [1.165, 1.54) is 12.1 Å². The van der Waals surface area contributed by atoms with Gasteiger partial charge >= 0.3 is 0 Å². The molecule has 0 radical (unpaired) electrons. The van der Waals surface area contributed by atoms with Gasteiger partial charge in [-0.1, -0.05) is 0 Å².